The lowest BCUT2D eigenvalue weighted by Crippen LogP contribution is -1.97. The number of rotatable bonds is 3. The molecular formula is C42H24N4O. The molecule has 0 amide bonds. The van der Waals surface area contributed by atoms with Crippen LogP contribution in [-0.2, 0) is 0 Å². The standard InChI is InChI=1S/C42H24N4O/c43-25-26-21-28(24-30(22-26)45-36-14-4-1-11-31(36)32-12-2-5-15-37(32)45)27-9-7-10-29(23-27)46-38-16-8-20-44-40(38)35-19-18-34-33-13-3-6-17-39(33)47-42(34)41(35)46/h1-24H. The van der Waals surface area contributed by atoms with E-state index in [-0.39, 0.29) is 0 Å². The molecule has 5 heteroatoms. The summed E-state index contributed by atoms with van der Waals surface area (Å²) in [6.45, 7) is 0. The van der Waals surface area contributed by atoms with Crippen LogP contribution in [0.2, 0.25) is 0 Å². The zero-order chi connectivity index (χ0) is 31.1. The van der Waals surface area contributed by atoms with Gasteiger partial charge in [-0.3, -0.25) is 4.98 Å². The normalized spacial score (nSPS) is 11.8. The number of para-hydroxylation sites is 3. The van der Waals surface area contributed by atoms with Crippen molar-refractivity contribution in [1.29, 1.82) is 5.26 Å². The number of furan rings is 1. The van der Waals surface area contributed by atoms with Gasteiger partial charge in [0, 0.05) is 44.5 Å². The summed E-state index contributed by atoms with van der Waals surface area (Å²) in [7, 11) is 0. The summed E-state index contributed by atoms with van der Waals surface area (Å²) in [5.74, 6) is 0. The average Bonchev–Trinajstić information content (AvgIpc) is 3.79. The van der Waals surface area contributed by atoms with Gasteiger partial charge < -0.3 is 13.6 Å². The molecule has 0 saturated heterocycles. The quantitative estimate of drug-likeness (QED) is 0.203. The third-order valence-electron chi connectivity index (χ3n) is 9.35. The van der Waals surface area contributed by atoms with Gasteiger partial charge in [-0.15, -0.1) is 0 Å². The minimum atomic E-state index is 0.606. The number of fused-ring (bicyclic) bond motifs is 10. The van der Waals surface area contributed by atoms with E-state index in [4.69, 9.17) is 9.40 Å². The van der Waals surface area contributed by atoms with Crippen LogP contribution in [0, 0.1) is 11.3 Å². The molecule has 10 aromatic rings. The molecule has 0 N–H and O–H groups in total. The van der Waals surface area contributed by atoms with Gasteiger partial charge in [-0.25, -0.2) is 0 Å². The highest BCUT2D eigenvalue weighted by Gasteiger charge is 2.20. The van der Waals surface area contributed by atoms with Gasteiger partial charge in [0.15, 0.2) is 5.58 Å². The predicted octanol–water partition coefficient (Wildman–Crippen LogP) is 10.7. The van der Waals surface area contributed by atoms with Crippen molar-refractivity contribution in [3.63, 3.8) is 0 Å². The van der Waals surface area contributed by atoms with Crippen molar-refractivity contribution in [3.8, 4) is 28.6 Å². The third-order valence-corrected chi connectivity index (χ3v) is 9.35. The Labute approximate surface area is 268 Å². The number of hydrogen-bond acceptors (Lipinski definition) is 3. The Kier molecular flexibility index (Phi) is 5.28. The summed E-state index contributed by atoms with van der Waals surface area (Å²) in [6, 6.07) is 50.5. The summed E-state index contributed by atoms with van der Waals surface area (Å²) < 4.78 is 11.1. The first-order valence-electron chi connectivity index (χ1n) is 15.6. The number of hydrogen-bond donors (Lipinski definition) is 0. The number of nitrogens with zero attached hydrogens (tertiary/aromatic N) is 4. The van der Waals surface area contributed by atoms with E-state index >= 15 is 0 Å². The van der Waals surface area contributed by atoms with Crippen molar-refractivity contribution in [1.82, 2.24) is 14.1 Å². The number of aromatic nitrogens is 3. The van der Waals surface area contributed by atoms with Crippen LogP contribution in [0.1, 0.15) is 5.56 Å². The van der Waals surface area contributed by atoms with Crippen molar-refractivity contribution in [3.05, 3.63) is 151 Å². The summed E-state index contributed by atoms with van der Waals surface area (Å²) in [5, 5.41) is 15.8. The molecule has 218 valence electrons. The number of pyridine rings is 1. The van der Waals surface area contributed by atoms with Crippen molar-refractivity contribution in [2.45, 2.75) is 0 Å². The molecule has 5 nitrogen and oxygen atoms in total. The first kappa shape index (κ1) is 25.7. The van der Waals surface area contributed by atoms with Crippen LogP contribution in [-0.4, -0.2) is 14.1 Å². The molecule has 0 spiro atoms. The third kappa shape index (κ3) is 3.67. The largest absolute Gasteiger partial charge is 0.454 e. The smallest absolute Gasteiger partial charge is 0.160 e. The van der Waals surface area contributed by atoms with Crippen molar-refractivity contribution in [2.24, 2.45) is 0 Å². The lowest BCUT2D eigenvalue weighted by atomic mass is 10.0. The number of nitriles is 1. The monoisotopic (exact) mass is 600 g/mol. The van der Waals surface area contributed by atoms with Gasteiger partial charge in [-0.05, 0) is 83.9 Å². The summed E-state index contributed by atoms with van der Waals surface area (Å²) >= 11 is 0. The van der Waals surface area contributed by atoms with Crippen LogP contribution >= 0.6 is 0 Å². The summed E-state index contributed by atoms with van der Waals surface area (Å²) in [6.07, 6.45) is 1.84. The second-order valence-corrected chi connectivity index (χ2v) is 11.9. The Bertz CT molecular complexity index is 2880. The van der Waals surface area contributed by atoms with Crippen molar-refractivity contribution >= 4 is 65.7 Å². The molecule has 0 atom stereocenters. The van der Waals surface area contributed by atoms with Gasteiger partial charge in [0.2, 0.25) is 0 Å². The minimum absolute atomic E-state index is 0.606. The maximum absolute atomic E-state index is 10.2. The topological polar surface area (TPSA) is 59.7 Å². The molecule has 0 bridgehead atoms. The van der Waals surface area contributed by atoms with Crippen LogP contribution in [0.25, 0.3) is 88.2 Å². The first-order valence-corrected chi connectivity index (χ1v) is 15.6. The zero-order valence-corrected chi connectivity index (χ0v) is 25.1. The van der Waals surface area contributed by atoms with E-state index in [1.54, 1.807) is 0 Å². The minimum Gasteiger partial charge on any atom is -0.454 e. The summed E-state index contributed by atoms with van der Waals surface area (Å²) in [4.78, 5) is 4.81. The molecule has 47 heavy (non-hydrogen) atoms. The van der Waals surface area contributed by atoms with Gasteiger partial charge in [0.25, 0.3) is 0 Å². The molecule has 10 rings (SSSR count). The maximum atomic E-state index is 10.2. The average molecular weight is 601 g/mol. The molecule has 4 heterocycles. The van der Waals surface area contributed by atoms with Gasteiger partial charge in [0.05, 0.1) is 39.2 Å². The van der Waals surface area contributed by atoms with Crippen molar-refractivity contribution in [2.75, 3.05) is 0 Å². The van der Waals surface area contributed by atoms with Gasteiger partial charge in [0.1, 0.15) is 5.58 Å². The molecular weight excluding hydrogens is 576 g/mol. The van der Waals surface area contributed by atoms with Crippen LogP contribution in [0.5, 0.6) is 0 Å². The van der Waals surface area contributed by atoms with Crippen molar-refractivity contribution < 1.29 is 4.42 Å². The van der Waals surface area contributed by atoms with Crippen LogP contribution in [0.4, 0.5) is 0 Å². The molecule has 0 unspecified atom stereocenters. The Morgan fingerprint density at radius 2 is 1.23 bits per heavy atom. The fourth-order valence-electron chi connectivity index (χ4n) is 7.36. The Morgan fingerprint density at radius 3 is 2.04 bits per heavy atom. The molecule has 4 aromatic heterocycles. The Hall–Kier alpha value is -6.64. The SMILES string of the molecule is N#Cc1cc(-c2cccc(-n3c4cccnc4c4ccc5c6ccccc6oc5c43)c2)cc(-n2c3ccccc3c3ccccc32)c1. The number of benzene rings is 6. The fraction of sp³-hybridized carbons (Fsp3) is 0. The molecule has 0 aliphatic carbocycles. The highest BCUT2D eigenvalue weighted by atomic mass is 16.3. The van der Waals surface area contributed by atoms with Gasteiger partial charge in [-0.2, -0.15) is 5.26 Å². The van der Waals surface area contributed by atoms with E-state index in [2.05, 4.69) is 118 Å². The van der Waals surface area contributed by atoms with Gasteiger partial charge >= 0.3 is 0 Å². The maximum Gasteiger partial charge on any atom is 0.160 e. The highest BCUT2D eigenvalue weighted by Crippen LogP contribution is 2.40. The lowest BCUT2D eigenvalue weighted by Gasteiger charge is -2.13. The van der Waals surface area contributed by atoms with E-state index in [0.29, 0.717) is 5.56 Å². The van der Waals surface area contributed by atoms with Crippen LogP contribution < -0.4 is 0 Å². The second-order valence-electron chi connectivity index (χ2n) is 11.9. The Balaban J connectivity index is 1.22. The molecule has 0 radical (unpaired) electrons. The molecule has 0 aliphatic rings. The first-order chi connectivity index (χ1) is 23.3. The molecule has 0 aliphatic heterocycles. The molecule has 0 fully saturated rings. The Morgan fingerprint density at radius 1 is 0.532 bits per heavy atom. The highest BCUT2D eigenvalue weighted by molar-refractivity contribution is 6.20. The van der Waals surface area contributed by atoms with Crippen LogP contribution in [0.15, 0.2) is 150 Å². The predicted molar refractivity (Wildman–Crippen MR) is 190 cm³/mol. The second kappa shape index (κ2) is 9.68. The van der Waals surface area contributed by atoms with E-state index in [1.807, 2.05) is 42.6 Å². The van der Waals surface area contributed by atoms with E-state index in [0.717, 1.165) is 77.4 Å². The fourth-order valence-corrected chi connectivity index (χ4v) is 7.36. The zero-order valence-electron chi connectivity index (χ0n) is 25.1. The van der Waals surface area contributed by atoms with E-state index in [9.17, 15) is 5.26 Å². The lowest BCUT2D eigenvalue weighted by molar-refractivity contribution is 0.671. The van der Waals surface area contributed by atoms with E-state index < -0.39 is 0 Å². The molecule has 0 saturated carbocycles. The molecule has 6 aromatic carbocycles. The van der Waals surface area contributed by atoms with E-state index in [1.165, 1.54) is 10.8 Å². The summed E-state index contributed by atoms with van der Waals surface area (Å²) in [5.41, 5.74) is 11.4. The van der Waals surface area contributed by atoms with Gasteiger partial charge in [-0.1, -0.05) is 66.7 Å². The van der Waals surface area contributed by atoms with Crippen LogP contribution in [0.3, 0.4) is 0 Å².